The van der Waals surface area contributed by atoms with Crippen molar-refractivity contribution in [3.63, 3.8) is 0 Å². The molecule has 0 aliphatic rings. The molecule has 5 nitrogen and oxygen atoms in total. The topological polar surface area (TPSA) is 70.3 Å². The van der Waals surface area contributed by atoms with Crippen LogP contribution in [-0.2, 0) is 0 Å². The van der Waals surface area contributed by atoms with E-state index in [1.807, 2.05) is 18.2 Å². The first-order valence-corrected chi connectivity index (χ1v) is 7.47. The quantitative estimate of drug-likeness (QED) is 0.825. The van der Waals surface area contributed by atoms with Gasteiger partial charge >= 0.3 is 0 Å². The minimum Gasteiger partial charge on any atom is -0.497 e. The Hall–Kier alpha value is -1.31. The second kappa shape index (κ2) is 6.74. The lowest BCUT2D eigenvalue weighted by Crippen LogP contribution is -2.14. The number of thioether (sulfide) groups is 1. The van der Waals surface area contributed by atoms with Crippen LogP contribution in [0.2, 0.25) is 0 Å². The second-order valence-corrected chi connectivity index (χ2v) is 5.83. The van der Waals surface area contributed by atoms with Gasteiger partial charge in [-0.1, -0.05) is 29.2 Å². The van der Waals surface area contributed by atoms with Gasteiger partial charge in [0.2, 0.25) is 0 Å². The highest BCUT2D eigenvalue weighted by Gasteiger charge is 2.14. The molecule has 0 bridgehead atoms. The lowest BCUT2D eigenvalue weighted by molar-refractivity contribution is 0.389. The maximum atomic E-state index is 6.19. The largest absolute Gasteiger partial charge is 0.497 e. The van der Waals surface area contributed by atoms with Crippen molar-refractivity contribution in [1.82, 2.24) is 10.2 Å². The maximum absolute atomic E-state index is 6.19. The van der Waals surface area contributed by atoms with Gasteiger partial charge in [-0.05, 0) is 6.07 Å². The van der Waals surface area contributed by atoms with Gasteiger partial charge in [-0.15, -0.1) is 10.2 Å². The predicted molar refractivity (Wildman–Crippen MR) is 77.1 cm³/mol. The third-order valence-corrected chi connectivity index (χ3v) is 4.55. The number of hydrogen-bond acceptors (Lipinski definition) is 7. The first kappa shape index (κ1) is 14.1. The van der Waals surface area contributed by atoms with Crippen LogP contribution in [0.15, 0.2) is 28.0 Å². The third kappa shape index (κ3) is 3.59. The summed E-state index contributed by atoms with van der Waals surface area (Å²) in [5.41, 5.74) is 8.86. The van der Waals surface area contributed by atoms with Crippen LogP contribution in [0.25, 0.3) is 0 Å². The minimum absolute atomic E-state index is 0.130. The molecule has 0 aliphatic heterocycles. The van der Waals surface area contributed by atoms with Gasteiger partial charge in [0.25, 0.3) is 0 Å². The molecule has 0 fully saturated rings. The van der Waals surface area contributed by atoms with Gasteiger partial charge in [0.15, 0.2) is 4.34 Å². The highest BCUT2D eigenvalue weighted by Crippen LogP contribution is 2.31. The third-order valence-electron chi connectivity index (χ3n) is 2.57. The molecule has 2 rings (SSSR count). The molecule has 1 atom stereocenters. The zero-order valence-corrected chi connectivity index (χ0v) is 12.3. The molecule has 1 aromatic heterocycles. The summed E-state index contributed by atoms with van der Waals surface area (Å²) in [6, 6.07) is 5.52. The van der Waals surface area contributed by atoms with Crippen molar-refractivity contribution in [3.8, 4) is 11.5 Å². The van der Waals surface area contributed by atoms with E-state index in [0.717, 1.165) is 27.2 Å². The molecule has 0 amide bonds. The summed E-state index contributed by atoms with van der Waals surface area (Å²) in [4.78, 5) is 0. The van der Waals surface area contributed by atoms with Crippen LogP contribution < -0.4 is 15.2 Å². The van der Waals surface area contributed by atoms with Crippen LogP contribution in [-0.4, -0.2) is 30.2 Å². The summed E-state index contributed by atoms with van der Waals surface area (Å²) in [6.07, 6.45) is 0. The van der Waals surface area contributed by atoms with Crippen LogP contribution in [0.1, 0.15) is 11.6 Å². The molecule has 7 heteroatoms. The number of ether oxygens (including phenoxy) is 2. The molecule has 1 heterocycles. The smallest absolute Gasteiger partial charge is 0.174 e. The van der Waals surface area contributed by atoms with Crippen molar-refractivity contribution in [2.75, 3.05) is 20.0 Å². The summed E-state index contributed by atoms with van der Waals surface area (Å²) in [6.45, 7) is 0. The van der Waals surface area contributed by atoms with Crippen molar-refractivity contribution in [2.24, 2.45) is 5.73 Å². The first-order valence-electron chi connectivity index (χ1n) is 5.61. The van der Waals surface area contributed by atoms with Crippen molar-refractivity contribution in [3.05, 3.63) is 29.3 Å². The fraction of sp³-hybridized carbons (Fsp3) is 0.333. The average Bonchev–Trinajstić information content (AvgIpc) is 2.97. The van der Waals surface area contributed by atoms with E-state index >= 15 is 0 Å². The van der Waals surface area contributed by atoms with Gasteiger partial charge in [-0.2, -0.15) is 0 Å². The molecule has 102 valence electrons. The Kier molecular flexibility index (Phi) is 5.00. The van der Waals surface area contributed by atoms with Crippen LogP contribution in [0.3, 0.4) is 0 Å². The summed E-state index contributed by atoms with van der Waals surface area (Å²) >= 11 is 3.10. The van der Waals surface area contributed by atoms with Crippen LogP contribution in [0, 0.1) is 0 Å². The monoisotopic (exact) mass is 297 g/mol. The lowest BCUT2D eigenvalue weighted by atomic mass is 10.1. The Labute approximate surface area is 120 Å². The molecular formula is C12H15N3O2S2. The number of benzene rings is 1. The summed E-state index contributed by atoms with van der Waals surface area (Å²) in [7, 11) is 3.25. The molecule has 0 saturated heterocycles. The molecule has 1 unspecified atom stereocenters. The Morgan fingerprint density at radius 3 is 2.84 bits per heavy atom. The van der Waals surface area contributed by atoms with Crippen LogP contribution in [0.4, 0.5) is 0 Å². The Morgan fingerprint density at radius 2 is 2.21 bits per heavy atom. The summed E-state index contributed by atoms with van der Waals surface area (Å²) in [5.74, 6) is 2.21. The van der Waals surface area contributed by atoms with Crippen LogP contribution in [0.5, 0.6) is 11.5 Å². The molecule has 2 aromatic rings. The van der Waals surface area contributed by atoms with Crippen molar-refractivity contribution in [1.29, 1.82) is 0 Å². The molecular weight excluding hydrogens is 282 g/mol. The van der Waals surface area contributed by atoms with E-state index in [0.29, 0.717) is 0 Å². The van der Waals surface area contributed by atoms with Gasteiger partial charge < -0.3 is 15.2 Å². The minimum atomic E-state index is -0.130. The van der Waals surface area contributed by atoms with E-state index in [1.165, 1.54) is 11.3 Å². The van der Waals surface area contributed by atoms with E-state index in [2.05, 4.69) is 10.2 Å². The van der Waals surface area contributed by atoms with Gasteiger partial charge in [-0.3, -0.25) is 0 Å². The standard InChI is InChI=1S/C12H15N3O2S2/c1-16-8-3-4-9(11(5-8)17-2)10(13)6-18-12-15-14-7-19-12/h3-5,7,10H,6,13H2,1-2H3. The Bertz CT molecular complexity index is 520. The number of aromatic nitrogens is 2. The number of rotatable bonds is 6. The molecule has 0 saturated carbocycles. The van der Waals surface area contributed by atoms with E-state index < -0.39 is 0 Å². The molecule has 0 spiro atoms. The van der Waals surface area contributed by atoms with E-state index in [1.54, 1.807) is 31.5 Å². The summed E-state index contributed by atoms with van der Waals surface area (Å²) < 4.78 is 11.4. The zero-order chi connectivity index (χ0) is 13.7. The number of nitrogens with zero attached hydrogens (tertiary/aromatic N) is 2. The molecule has 19 heavy (non-hydrogen) atoms. The lowest BCUT2D eigenvalue weighted by Gasteiger charge is -2.15. The number of nitrogens with two attached hydrogens (primary N) is 1. The van der Waals surface area contributed by atoms with Gasteiger partial charge in [0.05, 0.1) is 14.2 Å². The first-order chi connectivity index (χ1) is 9.24. The summed E-state index contributed by atoms with van der Waals surface area (Å²) in [5, 5.41) is 7.77. The maximum Gasteiger partial charge on any atom is 0.174 e. The van der Waals surface area contributed by atoms with Crippen molar-refractivity contribution >= 4 is 23.1 Å². The second-order valence-electron chi connectivity index (χ2n) is 3.73. The fourth-order valence-corrected chi connectivity index (χ4v) is 3.09. The molecule has 2 N–H and O–H groups in total. The highest BCUT2D eigenvalue weighted by atomic mass is 32.2. The Balaban J connectivity index is 2.07. The normalized spacial score (nSPS) is 12.2. The van der Waals surface area contributed by atoms with Gasteiger partial charge in [-0.25, -0.2) is 0 Å². The van der Waals surface area contributed by atoms with E-state index in [-0.39, 0.29) is 6.04 Å². The molecule has 0 radical (unpaired) electrons. The molecule has 1 aromatic carbocycles. The van der Waals surface area contributed by atoms with Crippen molar-refractivity contribution < 1.29 is 9.47 Å². The predicted octanol–water partition coefficient (Wildman–Crippen LogP) is 2.35. The Morgan fingerprint density at radius 1 is 1.37 bits per heavy atom. The zero-order valence-electron chi connectivity index (χ0n) is 10.7. The van der Waals surface area contributed by atoms with E-state index in [4.69, 9.17) is 15.2 Å². The SMILES string of the molecule is COc1ccc(C(N)CSc2nncs2)c(OC)c1. The van der Waals surface area contributed by atoms with Crippen molar-refractivity contribution in [2.45, 2.75) is 10.4 Å². The van der Waals surface area contributed by atoms with E-state index in [9.17, 15) is 0 Å². The van der Waals surface area contributed by atoms with Gasteiger partial charge in [0, 0.05) is 23.4 Å². The van der Waals surface area contributed by atoms with Crippen LogP contribution >= 0.6 is 23.1 Å². The number of hydrogen-bond donors (Lipinski definition) is 1. The average molecular weight is 297 g/mol. The van der Waals surface area contributed by atoms with Gasteiger partial charge in [0.1, 0.15) is 17.0 Å². The fourth-order valence-electron chi connectivity index (χ4n) is 1.60. The molecule has 0 aliphatic carbocycles. The number of methoxy groups -OCH3 is 2. The highest BCUT2D eigenvalue weighted by molar-refractivity contribution is 8.01.